The third-order valence-electron chi connectivity index (χ3n) is 4.97. The molecule has 1 aliphatic carbocycles. The summed E-state index contributed by atoms with van der Waals surface area (Å²) in [7, 11) is -3.58. The SMILES string of the molecule is O=C(COC(=O)C1(O)CCCC1)Nc1cccc(S(=O)(=O)N2CCCC2)c1. The topological polar surface area (TPSA) is 113 Å². The van der Waals surface area contributed by atoms with Crippen molar-refractivity contribution in [3.05, 3.63) is 24.3 Å². The minimum Gasteiger partial charge on any atom is -0.453 e. The second kappa shape index (κ2) is 7.95. The van der Waals surface area contributed by atoms with E-state index >= 15 is 0 Å². The second-order valence-corrected chi connectivity index (χ2v) is 8.94. The number of ether oxygens (including phenoxy) is 1. The number of esters is 1. The lowest BCUT2D eigenvalue weighted by atomic mass is 10.0. The normalized spacial score (nSPS) is 19.7. The first kappa shape index (κ1) is 19.8. The molecule has 9 heteroatoms. The lowest BCUT2D eigenvalue weighted by Gasteiger charge is -2.19. The van der Waals surface area contributed by atoms with Crippen LogP contribution >= 0.6 is 0 Å². The fourth-order valence-electron chi connectivity index (χ4n) is 3.44. The Labute approximate surface area is 158 Å². The zero-order valence-corrected chi connectivity index (χ0v) is 15.8. The van der Waals surface area contributed by atoms with Crippen LogP contribution in [0.2, 0.25) is 0 Å². The first-order valence-corrected chi connectivity index (χ1v) is 10.5. The summed E-state index contributed by atoms with van der Waals surface area (Å²) in [6, 6.07) is 5.98. The molecule has 1 saturated carbocycles. The fourth-order valence-corrected chi connectivity index (χ4v) is 5.00. The maximum absolute atomic E-state index is 12.6. The number of aliphatic hydroxyl groups is 1. The Morgan fingerprint density at radius 1 is 1.15 bits per heavy atom. The zero-order chi connectivity index (χ0) is 19.5. The van der Waals surface area contributed by atoms with Gasteiger partial charge >= 0.3 is 5.97 Å². The van der Waals surface area contributed by atoms with Gasteiger partial charge in [0.2, 0.25) is 10.0 Å². The van der Waals surface area contributed by atoms with Crippen LogP contribution in [-0.2, 0) is 24.3 Å². The monoisotopic (exact) mass is 396 g/mol. The van der Waals surface area contributed by atoms with Crippen molar-refractivity contribution < 1.29 is 27.9 Å². The van der Waals surface area contributed by atoms with Gasteiger partial charge in [-0.25, -0.2) is 13.2 Å². The number of benzene rings is 1. The van der Waals surface area contributed by atoms with E-state index in [4.69, 9.17) is 4.74 Å². The lowest BCUT2D eigenvalue weighted by molar-refractivity contribution is -0.166. The summed E-state index contributed by atoms with van der Waals surface area (Å²) in [4.78, 5) is 24.1. The highest BCUT2D eigenvalue weighted by Gasteiger charge is 2.40. The maximum Gasteiger partial charge on any atom is 0.338 e. The quantitative estimate of drug-likeness (QED) is 0.700. The number of amides is 1. The molecule has 1 aromatic carbocycles. The van der Waals surface area contributed by atoms with Crippen LogP contribution in [0.1, 0.15) is 38.5 Å². The van der Waals surface area contributed by atoms with Crippen molar-refractivity contribution in [2.45, 2.75) is 49.0 Å². The van der Waals surface area contributed by atoms with E-state index in [2.05, 4.69) is 5.32 Å². The molecule has 1 aromatic rings. The molecule has 8 nitrogen and oxygen atoms in total. The highest BCUT2D eigenvalue weighted by molar-refractivity contribution is 7.89. The average molecular weight is 396 g/mol. The smallest absolute Gasteiger partial charge is 0.338 e. The van der Waals surface area contributed by atoms with Crippen LogP contribution in [0.3, 0.4) is 0 Å². The molecule has 0 spiro atoms. The van der Waals surface area contributed by atoms with Gasteiger partial charge in [0.25, 0.3) is 5.91 Å². The summed E-state index contributed by atoms with van der Waals surface area (Å²) in [6.45, 7) is 0.458. The first-order chi connectivity index (χ1) is 12.8. The van der Waals surface area contributed by atoms with E-state index in [-0.39, 0.29) is 4.90 Å². The Bertz CT molecular complexity index is 811. The molecular formula is C18H24N2O6S. The molecule has 1 saturated heterocycles. The zero-order valence-electron chi connectivity index (χ0n) is 15.0. The van der Waals surface area contributed by atoms with Crippen molar-refractivity contribution >= 4 is 27.6 Å². The average Bonchev–Trinajstić information content (AvgIpc) is 3.32. The van der Waals surface area contributed by atoms with Crippen LogP contribution in [0.15, 0.2) is 29.2 Å². The van der Waals surface area contributed by atoms with Crippen LogP contribution < -0.4 is 5.32 Å². The Morgan fingerprint density at radius 3 is 2.48 bits per heavy atom. The van der Waals surface area contributed by atoms with E-state index in [0.717, 1.165) is 25.7 Å². The molecule has 148 valence electrons. The van der Waals surface area contributed by atoms with Gasteiger partial charge in [-0.15, -0.1) is 0 Å². The van der Waals surface area contributed by atoms with Gasteiger partial charge in [0.15, 0.2) is 12.2 Å². The molecule has 3 rings (SSSR count). The molecule has 0 aromatic heterocycles. The van der Waals surface area contributed by atoms with Gasteiger partial charge in [0.05, 0.1) is 4.90 Å². The summed E-state index contributed by atoms with van der Waals surface area (Å²) < 4.78 is 31.5. The molecular weight excluding hydrogens is 372 g/mol. The van der Waals surface area contributed by atoms with Gasteiger partial charge in [0.1, 0.15) is 0 Å². The predicted molar refractivity (Wildman–Crippen MR) is 97.4 cm³/mol. The van der Waals surface area contributed by atoms with E-state index < -0.39 is 34.1 Å². The Hall–Kier alpha value is -1.97. The molecule has 0 unspecified atom stereocenters. The van der Waals surface area contributed by atoms with Crippen molar-refractivity contribution in [2.24, 2.45) is 0 Å². The molecule has 2 fully saturated rings. The van der Waals surface area contributed by atoms with Crippen LogP contribution in [0.4, 0.5) is 5.69 Å². The van der Waals surface area contributed by atoms with E-state index in [1.165, 1.54) is 16.4 Å². The number of carbonyl (C=O) groups excluding carboxylic acids is 2. The van der Waals surface area contributed by atoms with Gasteiger partial charge in [0, 0.05) is 18.8 Å². The van der Waals surface area contributed by atoms with E-state index in [0.29, 0.717) is 31.6 Å². The van der Waals surface area contributed by atoms with E-state index in [1.54, 1.807) is 12.1 Å². The molecule has 1 aliphatic heterocycles. The van der Waals surface area contributed by atoms with Crippen molar-refractivity contribution in [1.82, 2.24) is 4.31 Å². The van der Waals surface area contributed by atoms with Crippen molar-refractivity contribution in [3.8, 4) is 0 Å². The largest absolute Gasteiger partial charge is 0.453 e. The Balaban J connectivity index is 1.59. The molecule has 1 amide bonds. The standard InChI is InChI=1S/C18H24N2O6S/c21-16(13-26-17(22)18(23)8-1-2-9-18)19-14-6-5-7-15(12-14)27(24,25)20-10-3-4-11-20/h5-7,12,23H,1-4,8-11,13H2,(H,19,21). The Kier molecular flexibility index (Phi) is 5.83. The summed E-state index contributed by atoms with van der Waals surface area (Å²) in [5.74, 6) is -1.39. The number of hydrogen-bond donors (Lipinski definition) is 2. The number of nitrogens with one attached hydrogen (secondary N) is 1. The van der Waals surface area contributed by atoms with Crippen molar-refractivity contribution in [1.29, 1.82) is 0 Å². The Morgan fingerprint density at radius 2 is 1.81 bits per heavy atom. The molecule has 2 aliphatic rings. The molecule has 0 radical (unpaired) electrons. The second-order valence-electron chi connectivity index (χ2n) is 7.00. The highest BCUT2D eigenvalue weighted by Crippen LogP contribution is 2.30. The maximum atomic E-state index is 12.6. The summed E-state index contributed by atoms with van der Waals surface area (Å²) in [5, 5.41) is 12.6. The van der Waals surface area contributed by atoms with E-state index in [9.17, 15) is 23.1 Å². The number of hydrogen-bond acceptors (Lipinski definition) is 6. The number of carbonyl (C=O) groups is 2. The predicted octanol–water partition coefficient (Wildman–Crippen LogP) is 1.26. The number of anilines is 1. The van der Waals surface area contributed by atoms with Crippen LogP contribution in [0.5, 0.6) is 0 Å². The minimum atomic E-state index is -3.58. The molecule has 0 bridgehead atoms. The number of sulfonamides is 1. The van der Waals surface area contributed by atoms with Crippen LogP contribution in [0.25, 0.3) is 0 Å². The van der Waals surface area contributed by atoms with Gasteiger partial charge in [-0.05, 0) is 56.7 Å². The third kappa shape index (κ3) is 4.48. The molecule has 27 heavy (non-hydrogen) atoms. The summed E-state index contributed by atoms with van der Waals surface area (Å²) in [5.41, 5.74) is -1.19. The summed E-state index contributed by atoms with van der Waals surface area (Å²) >= 11 is 0. The van der Waals surface area contributed by atoms with Crippen LogP contribution in [-0.4, -0.2) is 55.0 Å². The van der Waals surface area contributed by atoms with Crippen molar-refractivity contribution in [3.63, 3.8) is 0 Å². The number of nitrogens with zero attached hydrogens (tertiary/aromatic N) is 1. The first-order valence-electron chi connectivity index (χ1n) is 9.11. The van der Waals surface area contributed by atoms with Crippen LogP contribution in [0, 0.1) is 0 Å². The van der Waals surface area contributed by atoms with Gasteiger partial charge in [-0.3, -0.25) is 4.79 Å². The van der Waals surface area contributed by atoms with Crippen molar-refractivity contribution in [2.75, 3.05) is 25.0 Å². The third-order valence-corrected chi connectivity index (χ3v) is 6.86. The lowest BCUT2D eigenvalue weighted by Crippen LogP contribution is -2.38. The van der Waals surface area contributed by atoms with Gasteiger partial charge in [-0.2, -0.15) is 4.31 Å². The van der Waals surface area contributed by atoms with Gasteiger partial charge in [-0.1, -0.05) is 6.07 Å². The summed E-state index contributed by atoms with van der Waals surface area (Å²) in [6.07, 6.45) is 3.85. The molecule has 2 N–H and O–H groups in total. The molecule has 1 heterocycles. The molecule has 0 atom stereocenters. The van der Waals surface area contributed by atoms with Gasteiger partial charge < -0.3 is 15.2 Å². The number of rotatable bonds is 6. The minimum absolute atomic E-state index is 0.111. The fraction of sp³-hybridized carbons (Fsp3) is 0.556. The highest BCUT2D eigenvalue weighted by atomic mass is 32.2. The van der Waals surface area contributed by atoms with E-state index in [1.807, 2.05) is 0 Å².